The van der Waals surface area contributed by atoms with E-state index in [1.165, 1.54) is 91.5 Å². The molecular weight excluding hydrogens is 802 g/mol. The lowest BCUT2D eigenvalue weighted by molar-refractivity contribution is -0.176. The molecule has 64 heavy (non-hydrogen) atoms. The molecule has 9 unspecified atom stereocenters. The van der Waals surface area contributed by atoms with Gasteiger partial charge in [-0.15, -0.1) is 0 Å². The smallest absolute Gasteiger partial charge is 0.394 e. The second-order valence-electron chi connectivity index (χ2n) is 20.6. The highest BCUT2D eigenvalue weighted by Gasteiger charge is 2.63. The summed E-state index contributed by atoms with van der Waals surface area (Å²) in [4.78, 5) is 0. The van der Waals surface area contributed by atoms with Crippen LogP contribution in [0, 0.1) is 29.1 Å². The molecule has 0 heterocycles. The van der Waals surface area contributed by atoms with Gasteiger partial charge in [-0.25, -0.2) is 0 Å². The molecule has 10 rings (SSSR count). The SMILES string of the molecule is CC(CC(CC(C)c1ccc(Oc2ccc3cc4ccccc4cc3c2)cc1)c1ccc(OC23CCC4(CCCC5CCCC(C2)C54)C3)cc1)c1ccc(OCC(C)C(F)(F)F)cc1. The predicted molar refractivity (Wildman–Crippen MR) is 253 cm³/mol. The van der Waals surface area contributed by atoms with Crippen molar-refractivity contribution in [3.63, 3.8) is 0 Å². The normalized spacial score (nSPS) is 25.9. The summed E-state index contributed by atoms with van der Waals surface area (Å²) in [5.74, 6) is 5.03. The molecule has 0 aromatic heterocycles. The van der Waals surface area contributed by atoms with Crippen LogP contribution in [0.25, 0.3) is 21.5 Å². The van der Waals surface area contributed by atoms with Gasteiger partial charge < -0.3 is 14.2 Å². The van der Waals surface area contributed by atoms with E-state index in [0.717, 1.165) is 65.7 Å². The van der Waals surface area contributed by atoms with E-state index >= 15 is 0 Å². The van der Waals surface area contributed by atoms with Crippen LogP contribution in [-0.4, -0.2) is 18.4 Å². The first-order chi connectivity index (χ1) is 30.9. The lowest BCUT2D eigenvalue weighted by Gasteiger charge is -2.57. The first-order valence-corrected chi connectivity index (χ1v) is 24.2. The quantitative estimate of drug-likeness (QED) is 0.102. The lowest BCUT2D eigenvalue weighted by Crippen LogP contribution is -2.52. The summed E-state index contributed by atoms with van der Waals surface area (Å²) < 4.78 is 58.5. The van der Waals surface area contributed by atoms with Crippen molar-refractivity contribution in [2.24, 2.45) is 29.1 Å². The summed E-state index contributed by atoms with van der Waals surface area (Å²) in [6.07, 6.45) is 11.1. The number of halogens is 3. The molecule has 0 radical (unpaired) electrons. The van der Waals surface area contributed by atoms with Gasteiger partial charge in [0.2, 0.25) is 0 Å². The molecule has 1 spiro atoms. The maximum Gasteiger partial charge on any atom is 0.394 e. The summed E-state index contributed by atoms with van der Waals surface area (Å²) in [6, 6.07) is 44.5. The van der Waals surface area contributed by atoms with Gasteiger partial charge in [-0.05, 0) is 191 Å². The van der Waals surface area contributed by atoms with Crippen molar-refractivity contribution in [2.45, 2.75) is 127 Å². The first-order valence-electron chi connectivity index (χ1n) is 24.2. The highest BCUT2D eigenvalue weighted by atomic mass is 19.4. The van der Waals surface area contributed by atoms with E-state index in [1.54, 1.807) is 0 Å². The zero-order chi connectivity index (χ0) is 44.1. The zero-order valence-electron chi connectivity index (χ0n) is 37.7. The van der Waals surface area contributed by atoms with Gasteiger partial charge in [0, 0.05) is 0 Å². The Hall–Kier alpha value is -4.97. The van der Waals surface area contributed by atoms with Gasteiger partial charge in [-0.3, -0.25) is 0 Å². The molecule has 2 bridgehead atoms. The summed E-state index contributed by atoms with van der Waals surface area (Å²) in [7, 11) is 0. The van der Waals surface area contributed by atoms with Crippen LogP contribution in [0.5, 0.6) is 23.0 Å². The Morgan fingerprint density at radius 1 is 0.578 bits per heavy atom. The first kappa shape index (κ1) is 43.0. The zero-order valence-corrected chi connectivity index (χ0v) is 37.7. The minimum atomic E-state index is -4.28. The number of ether oxygens (including phenoxy) is 3. The van der Waals surface area contributed by atoms with E-state index in [9.17, 15) is 13.2 Å². The van der Waals surface area contributed by atoms with Crippen LogP contribution < -0.4 is 14.2 Å². The fourth-order valence-electron chi connectivity index (χ4n) is 13.1. The third-order valence-corrected chi connectivity index (χ3v) is 16.3. The van der Waals surface area contributed by atoms with Gasteiger partial charge in [-0.2, -0.15) is 13.2 Å². The summed E-state index contributed by atoms with van der Waals surface area (Å²) in [5, 5.41) is 4.79. The van der Waals surface area contributed by atoms with Gasteiger partial charge in [0.15, 0.2) is 0 Å². The summed E-state index contributed by atoms with van der Waals surface area (Å²) in [5.41, 5.74) is 4.20. The lowest BCUT2D eigenvalue weighted by atomic mass is 9.49. The number of benzene rings is 6. The molecule has 4 aliphatic rings. The van der Waals surface area contributed by atoms with Crippen LogP contribution in [0.1, 0.15) is 132 Å². The van der Waals surface area contributed by atoms with Gasteiger partial charge in [0.1, 0.15) is 28.6 Å². The van der Waals surface area contributed by atoms with E-state index in [-0.39, 0.29) is 23.4 Å². The molecule has 334 valence electrons. The molecule has 4 aliphatic carbocycles. The second kappa shape index (κ2) is 17.4. The van der Waals surface area contributed by atoms with Crippen LogP contribution in [0.3, 0.4) is 0 Å². The fraction of sp³-hybridized carbons (Fsp3) is 0.448. The number of fused-ring (bicyclic) bond motifs is 3. The Bertz CT molecular complexity index is 2550. The largest absolute Gasteiger partial charge is 0.493 e. The van der Waals surface area contributed by atoms with E-state index in [4.69, 9.17) is 14.2 Å². The maximum atomic E-state index is 13.1. The van der Waals surface area contributed by atoms with Crippen molar-refractivity contribution < 1.29 is 27.4 Å². The Balaban J connectivity index is 0.846. The highest BCUT2D eigenvalue weighted by molar-refractivity contribution is 5.98. The van der Waals surface area contributed by atoms with Crippen LogP contribution in [0.15, 0.2) is 127 Å². The van der Waals surface area contributed by atoms with Gasteiger partial charge in [0.25, 0.3) is 0 Å². The Kier molecular flexibility index (Phi) is 11.7. The number of hydrogen-bond acceptors (Lipinski definition) is 3. The average Bonchev–Trinajstić information content (AvgIpc) is 3.57. The Labute approximate surface area is 377 Å². The molecule has 0 saturated heterocycles. The van der Waals surface area contributed by atoms with Crippen molar-refractivity contribution in [1.29, 1.82) is 0 Å². The van der Waals surface area contributed by atoms with Crippen molar-refractivity contribution in [1.82, 2.24) is 0 Å². The Morgan fingerprint density at radius 2 is 1.16 bits per heavy atom. The number of alkyl halides is 3. The van der Waals surface area contributed by atoms with Gasteiger partial charge in [0.05, 0.1) is 12.5 Å². The van der Waals surface area contributed by atoms with Crippen molar-refractivity contribution in [2.75, 3.05) is 6.61 Å². The molecule has 6 aromatic carbocycles. The molecule has 3 nitrogen and oxygen atoms in total. The third kappa shape index (κ3) is 8.88. The minimum Gasteiger partial charge on any atom is -0.493 e. The van der Waals surface area contributed by atoms with Crippen LogP contribution in [0.2, 0.25) is 0 Å². The summed E-state index contributed by atoms with van der Waals surface area (Å²) >= 11 is 0. The molecule has 0 aliphatic heterocycles. The second-order valence-corrected chi connectivity index (χ2v) is 20.6. The van der Waals surface area contributed by atoms with Gasteiger partial charge >= 0.3 is 6.18 Å². The minimum absolute atomic E-state index is 0.0237. The predicted octanol–water partition coefficient (Wildman–Crippen LogP) is 16.7. The van der Waals surface area contributed by atoms with E-state index < -0.39 is 18.7 Å². The molecule has 9 atom stereocenters. The van der Waals surface area contributed by atoms with Crippen molar-refractivity contribution in [3.8, 4) is 23.0 Å². The molecule has 0 N–H and O–H groups in total. The Morgan fingerprint density at radius 3 is 1.84 bits per heavy atom. The summed E-state index contributed by atoms with van der Waals surface area (Å²) in [6.45, 7) is 5.33. The number of hydrogen-bond donors (Lipinski definition) is 0. The number of rotatable bonds is 14. The third-order valence-electron chi connectivity index (χ3n) is 16.3. The van der Waals surface area contributed by atoms with Crippen LogP contribution in [-0.2, 0) is 0 Å². The van der Waals surface area contributed by atoms with E-state index in [2.05, 4.69) is 111 Å². The maximum absolute atomic E-state index is 13.1. The van der Waals surface area contributed by atoms with Crippen molar-refractivity contribution >= 4 is 21.5 Å². The van der Waals surface area contributed by atoms with Crippen LogP contribution >= 0.6 is 0 Å². The van der Waals surface area contributed by atoms with E-state index in [0.29, 0.717) is 11.2 Å². The molecule has 4 fully saturated rings. The molecule has 6 aromatic rings. The standard InChI is InChI=1S/C58H63F3O3/c1-38(41-13-20-51(21-14-41)62-36-40(3)58(59,60)61)30-49(43-17-24-53(25-18-43)64-57-29-28-56(37-57)27-7-12-44-10-6-11-48(35-57)55(44)56)31-39(2)42-15-22-52(23-16-42)63-54-26-19-47-32-45-8-4-5-9-46(45)33-50(47)34-54/h4-5,8-9,13-26,32-34,38-40,44,48-49,55H,6-7,10-12,27-31,35-37H2,1-3H3. The topological polar surface area (TPSA) is 27.7 Å². The molecule has 4 saturated carbocycles. The molecule has 0 amide bonds. The fourth-order valence-corrected chi connectivity index (χ4v) is 13.1. The van der Waals surface area contributed by atoms with Gasteiger partial charge in [-0.1, -0.05) is 113 Å². The highest BCUT2D eigenvalue weighted by Crippen LogP contribution is 2.68. The van der Waals surface area contributed by atoms with Crippen LogP contribution in [0.4, 0.5) is 13.2 Å². The average molecular weight is 865 g/mol. The molecular formula is C58H63F3O3. The van der Waals surface area contributed by atoms with Crippen molar-refractivity contribution in [3.05, 3.63) is 144 Å². The van der Waals surface area contributed by atoms with E-state index in [1.807, 2.05) is 30.3 Å². The molecule has 6 heteroatoms. The monoisotopic (exact) mass is 864 g/mol.